The number of hydrogen-bond donors (Lipinski definition) is 1. The van der Waals surface area contributed by atoms with Crippen molar-refractivity contribution in [1.29, 1.82) is 0 Å². The van der Waals surface area contributed by atoms with Gasteiger partial charge in [0.2, 0.25) is 0 Å². The van der Waals surface area contributed by atoms with Crippen molar-refractivity contribution in [3.8, 4) is 11.5 Å². The summed E-state index contributed by atoms with van der Waals surface area (Å²) in [6.45, 7) is 3.82. The van der Waals surface area contributed by atoms with Crippen LogP contribution in [0, 0.1) is 10.1 Å². The Balaban J connectivity index is 2.88. The monoisotopic (exact) mass is 342 g/mol. The van der Waals surface area contributed by atoms with Gasteiger partial charge in [-0.15, -0.1) is 0 Å². The number of ether oxygens (including phenoxy) is 3. The first-order valence-electron chi connectivity index (χ1n) is 7.44. The summed E-state index contributed by atoms with van der Waals surface area (Å²) in [6.07, 6.45) is -0.0639. The van der Waals surface area contributed by atoms with E-state index in [9.17, 15) is 14.9 Å². The molecule has 0 amide bonds. The molecule has 0 bridgehead atoms. The molecule has 0 heterocycles. The highest BCUT2D eigenvalue weighted by Crippen LogP contribution is 2.38. The Morgan fingerprint density at radius 3 is 2.62 bits per heavy atom. The summed E-state index contributed by atoms with van der Waals surface area (Å²) >= 11 is 0. The molecule has 0 fully saturated rings. The molecule has 0 radical (unpaired) electrons. The molecule has 0 saturated carbocycles. The third-order valence-electron chi connectivity index (χ3n) is 3.24. The van der Waals surface area contributed by atoms with E-state index < -0.39 is 11.0 Å². The van der Waals surface area contributed by atoms with Crippen LogP contribution in [0.25, 0.3) is 0 Å². The quantitative estimate of drug-likeness (QED) is 0.297. The van der Waals surface area contributed by atoms with E-state index in [1.165, 1.54) is 19.2 Å². The summed E-state index contributed by atoms with van der Waals surface area (Å²) < 4.78 is 15.5. The molecule has 134 valence electrons. The first-order valence-corrected chi connectivity index (χ1v) is 7.44. The van der Waals surface area contributed by atoms with Crippen LogP contribution in [0.4, 0.5) is 5.69 Å². The highest BCUT2D eigenvalue weighted by atomic mass is 16.6. The predicted molar refractivity (Wildman–Crippen MR) is 84.7 cm³/mol. The van der Waals surface area contributed by atoms with Crippen LogP contribution in [0.3, 0.4) is 0 Å². The molecule has 24 heavy (non-hydrogen) atoms. The van der Waals surface area contributed by atoms with Crippen molar-refractivity contribution < 1.29 is 28.8 Å². The van der Waals surface area contributed by atoms with Gasteiger partial charge in [0.15, 0.2) is 11.5 Å². The van der Waals surface area contributed by atoms with Crippen molar-refractivity contribution in [3.05, 3.63) is 27.8 Å². The fourth-order valence-corrected chi connectivity index (χ4v) is 2.03. The van der Waals surface area contributed by atoms with Gasteiger partial charge in [0.05, 0.1) is 36.9 Å². The zero-order valence-corrected chi connectivity index (χ0v) is 13.9. The molecule has 1 aromatic carbocycles. The first kappa shape index (κ1) is 19.7. The Labute approximate surface area is 139 Å². The topological polar surface area (TPSA) is 123 Å². The lowest BCUT2D eigenvalue weighted by Gasteiger charge is -2.15. The van der Waals surface area contributed by atoms with Gasteiger partial charge in [-0.25, -0.2) is 5.90 Å². The number of methoxy groups -OCH3 is 1. The van der Waals surface area contributed by atoms with Crippen LogP contribution in [-0.4, -0.2) is 31.2 Å². The van der Waals surface area contributed by atoms with Gasteiger partial charge in [-0.05, 0) is 26.3 Å². The van der Waals surface area contributed by atoms with E-state index in [1.807, 2.05) is 0 Å². The minimum atomic E-state index is -0.683. The molecular weight excluding hydrogens is 320 g/mol. The van der Waals surface area contributed by atoms with E-state index in [0.29, 0.717) is 18.8 Å². The molecule has 1 aromatic rings. The van der Waals surface area contributed by atoms with E-state index in [-0.39, 0.29) is 36.0 Å². The van der Waals surface area contributed by atoms with E-state index in [0.717, 1.165) is 0 Å². The maximum atomic E-state index is 11.3. The van der Waals surface area contributed by atoms with Gasteiger partial charge in [0, 0.05) is 6.42 Å². The van der Waals surface area contributed by atoms with Crippen molar-refractivity contribution >= 4 is 11.7 Å². The standard InChI is InChI=1S/C15H22N2O7/c1-4-22-15(18)6-5-7-23-14-9-12(17(19)20)11(10(2)24-16)8-13(14)21-3/h8-10H,4-7,16H2,1-3H3. The lowest BCUT2D eigenvalue weighted by molar-refractivity contribution is -0.386. The van der Waals surface area contributed by atoms with Gasteiger partial charge in [0.1, 0.15) is 6.10 Å². The number of nitro benzene ring substituents is 1. The number of esters is 1. The van der Waals surface area contributed by atoms with E-state index in [4.69, 9.17) is 20.1 Å². The molecule has 9 nitrogen and oxygen atoms in total. The molecule has 0 aliphatic heterocycles. The Morgan fingerprint density at radius 1 is 1.38 bits per heavy atom. The van der Waals surface area contributed by atoms with Crippen molar-refractivity contribution in [3.63, 3.8) is 0 Å². The third kappa shape index (κ3) is 5.36. The summed E-state index contributed by atoms with van der Waals surface area (Å²) in [5.74, 6) is 5.32. The minimum Gasteiger partial charge on any atom is -0.493 e. The van der Waals surface area contributed by atoms with Crippen LogP contribution in [0.15, 0.2) is 12.1 Å². The SMILES string of the molecule is CCOC(=O)CCCOc1cc([N+](=O)[O-])c(C(C)ON)cc1OC. The van der Waals surface area contributed by atoms with Crippen LogP contribution >= 0.6 is 0 Å². The summed E-state index contributed by atoms with van der Waals surface area (Å²) in [5.41, 5.74) is 0.0902. The summed E-state index contributed by atoms with van der Waals surface area (Å²) in [4.78, 5) is 26.6. The van der Waals surface area contributed by atoms with Crippen molar-refractivity contribution in [1.82, 2.24) is 0 Å². The first-order chi connectivity index (χ1) is 11.4. The third-order valence-corrected chi connectivity index (χ3v) is 3.24. The van der Waals surface area contributed by atoms with Crippen LogP contribution in [-0.2, 0) is 14.4 Å². The van der Waals surface area contributed by atoms with Gasteiger partial charge in [-0.1, -0.05) is 0 Å². The number of nitrogens with zero attached hydrogens (tertiary/aromatic N) is 1. The number of hydrogen-bond acceptors (Lipinski definition) is 8. The summed E-state index contributed by atoms with van der Waals surface area (Å²) in [6, 6.07) is 2.71. The van der Waals surface area contributed by atoms with Gasteiger partial charge < -0.3 is 14.2 Å². The lowest BCUT2D eigenvalue weighted by Crippen LogP contribution is -2.10. The molecule has 2 N–H and O–H groups in total. The second-order valence-electron chi connectivity index (χ2n) is 4.85. The molecule has 0 aliphatic rings. The Bertz CT molecular complexity index is 577. The lowest BCUT2D eigenvalue weighted by atomic mass is 10.1. The number of nitrogens with two attached hydrogens (primary N) is 1. The number of benzene rings is 1. The highest BCUT2D eigenvalue weighted by molar-refractivity contribution is 5.69. The fourth-order valence-electron chi connectivity index (χ4n) is 2.03. The zero-order valence-electron chi connectivity index (χ0n) is 13.9. The van der Waals surface area contributed by atoms with E-state index in [2.05, 4.69) is 4.84 Å². The largest absolute Gasteiger partial charge is 0.493 e. The Hall–Kier alpha value is -2.39. The predicted octanol–water partition coefficient (Wildman–Crippen LogP) is 2.28. The fraction of sp³-hybridized carbons (Fsp3) is 0.533. The molecule has 0 saturated heterocycles. The normalized spacial score (nSPS) is 11.7. The highest BCUT2D eigenvalue weighted by Gasteiger charge is 2.24. The molecule has 1 rings (SSSR count). The second-order valence-corrected chi connectivity index (χ2v) is 4.85. The molecule has 9 heteroatoms. The smallest absolute Gasteiger partial charge is 0.305 e. The summed E-state index contributed by atoms with van der Waals surface area (Å²) in [5, 5.41) is 11.2. The molecule has 0 aliphatic carbocycles. The maximum absolute atomic E-state index is 11.3. The van der Waals surface area contributed by atoms with Crippen LogP contribution < -0.4 is 15.4 Å². The van der Waals surface area contributed by atoms with Gasteiger partial charge in [-0.2, -0.15) is 0 Å². The summed E-state index contributed by atoms with van der Waals surface area (Å²) in [7, 11) is 1.42. The Morgan fingerprint density at radius 2 is 2.08 bits per heavy atom. The Kier molecular flexibility index (Phi) is 7.93. The van der Waals surface area contributed by atoms with Crippen molar-refractivity contribution in [2.45, 2.75) is 32.8 Å². The van der Waals surface area contributed by atoms with Crippen molar-refractivity contribution in [2.24, 2.45) is 5.90 Å². The average molecular weight is 342 g/mol. The molecule has 1 unspecified atom stereocenters. The number of carbonyl (C=O) groups excluding carboxylic acids is 1. The van der Waals surface area contributed by atoms with Crippen LogP contribution in [0.5, 0.6) is 11.5 Å². The number of carbonyl (C=O) groups is 1. The second kappa shape index (κ2) is 9.68. The zero-order chi connectivity index (χ0) is 18.1. The van der Waals surface area contributed by atoms with E-state index in [1.54, 1.807) is 13.8 Å². The maximum Gasteiger partial charge on any atom is 0.305 e. The minimum absolute atomic E-state index is 0.186. The molecule has 1 atom stereocenters. The van der Waals surface area contributed by atoms with Gasteiger partial charge in [-0.3, -0.25) is 19.7 Å². The van der Waals surface area contributed by atoms with Crippen LogP contribution in [0.1, 0.15) is 38.4 Å². The van der Waals surface area contributed by atoms with Gasteiger partial charge in [0.25, 0.3) is 5.69 Å². The molecule has 0 aromatic heterocycles. The number of rotatable bonds is 10. The molecular formula is C15H22N2O7. The van der Waals surface area contributed by atoms with E-state index >= 15 is 0 Å². The van der Waals surface area contributed by atoms with Crippen molar-refractivity contribution in [2.75, 3.05) is 20.3 Å². The molecule has 0 spiro atoms. The average Bonchev–Trinajstić information content (AvgIpc) is 2.57. The van der Waals surface area contributed by atoms with Crippen LogP contribution in [0.2, 0.25) is 0 Å². The van der Waals surface area contributed by atoms with Gasteiger partial charge >= 0.3 is 5.97 Å². The number of nitro groups is 1.